The topological polar surface area (TPSA) is 12.6 Å². The standard InChI is InChI=1S/C78H53N3Si/c1-4-18-64(19-5-1)82(65-20-6-2-7-21-65,66-22-8-3-9-23-66)67-50-40-57(41-51-67)56-34-44-61(45-35-56)79(60-42-32-54(33-43-60)55-36-48-63(49-37-55)80-74-28-14-10-24-68(74)69-25-11-15-29-75(69)80)62-46-38-58(39-47-62)59-52-72-70-26-12-16-30-76(70)81-77-31-17-13-27-71(77)73(53-59)78(72)81/h1-53H. The molecular formula is C78H53N3Si. The highest BCUT2D eigenvalue weighted by molar-refractivity contribution is 7.19. The zero-order valence-electron chi connectivity index (χ0n) is 44.9. The molecule has 0 fully saturated rings. The Morgan fingerprint density at radius 1 is 0.232 bits per heavy atom. The molecule has 4 heteroatoms. The summed E-state index contributed by atoms with van der Waals surface area (Å²) in [7, 11) is -2.65. The first-order valence-electron chi connectivity index (χ1n) is 28.3. The summed E-state index contributed by atoms with van der Waals surface area (Å²) in [6.45, 7) is 0. The molecule has 0 saturated heterocycles. The van der Waals surface area contributed by atoms with E-state index in [1.54, 1.807) is 0 Å². The van der Waals surface area contributed by atoms with Crippen LogP contribution in [-0.2, 0) is 0 Å². The van der Waals surface area contributed by atoms with Crippen molar-refractivity contribution in [2.45, 2.75) is 0 Å². The molecule has 16 aromatic rings. The van der Waals surface area contributed by atoms with E-state index in [9.17, 15) is 0 Å². The lowest BCUT2D eigenvalue weighted by atomic mass is 9.99. The van der Waals surface area contributed by atoms with Crippen LogP contribution in [0.4, 0.5) is 17.1 Å². The third-order valence-corrected chi connectivity index (χ3v) is 22.0. The number of para-hydroxylation sites is 4. The van der Waals surface area contributed by atoms with Gasteiger partial charge in [0.15, 0.2) is 8.07 Å². The molecular weight excluding hydrogens is 1010 g/mol. The van der Waals surface area contributed by atoms with Gasteiger partial charge in [0.1, 0.15) is 0 Å². The normalized spacial score (nSPS) is 11.9. The molecule has 0 aliphatic heterocycles. The highest BCUT2D eigenvalue weighted by Gasteiger charge is 2.41. The van der Waals surface area contributed by atoms with Crippen molar-refractivity contribution in [3.05, 3.63) is 322 Å². The van der Waals surface area contributed by atoms with E-state index in [2.05, 4.69) is 335 Å². The molecule has 0 radical (unpaired) electrons. The van der Waals surface area contributed by atoms with E-state index in [1.807, 2.05) is 0 Å². The number of benzene rings is 13. The lowest BCUT2D eigenvalue weighted by molar-refractivity contribution is 1.18. The van der Waals surface area contributed by atoms with E-state index < -0.39 is 8.07 Å². The van der Waals surface area contributed by atoms with Crippen LogP contribution in [0.1, 0.15) is 0 Å². The predicted molar refractivity (Wildman–Crippen MR) is 350 cm³/mol. The summed E-state index contributed by atoms with van der Waals surface area (Å²) in [5.41, 5.74) is 17.7. The molecule has 0 atom stereocenters. The molecule has 0 saturated carbocycles. The van der Waals surface area contributed by atoms with Crippen LogP contribution in [0.2, 0.25) is 0 Å². The fourth-order valence-electron chi connectivity index (χ4n) is 13.5. The van der Waals surface area contributed by atoms with Crippen molar-refractivity contribution in [2.75, 3.05) is 4.90 Å². The van der Waals surface area contributed by atoms with Crippen LogP contribution in [0.5, 0.6) is 0 Å². The fourth-order valence-corrected chi connectivity index (χ4v) is 18.2. The van der Waals surface area contributed by atoms with Crippen molar-refractivity contribution in [1.29, 1.82) is 0 Å². The second-order valence-electron chi connectivity index (χ2n) is 21.6. The van der Waals surface area contributed by atoms with Crippen LogP contribution in [0.25, 0.3) is 99.0 Å². The van der Waals surface area contributed by atoms with Gasteiger partial charge < -0.3 is 13.9 Å². The SMILES string of the molecule is c1ccc([Si](c2ccccc2)(c2ccccc2)c2ccc(-c3ccc(N(c4ccc(-c5ccc(-n6c7ccccc7c7ccccc76)cc5)cc4)c4ccc(-c5cc6c7ccccc7n7c8ccccc8c(c5)c67)cc4)cc3)cc2)cc1. The van der Waals surface area contributed by atoms with E-state index in [0.29, 0.717) is 0 Å². The van der Waals surface area contributed by atoms with Gasteiger partial charge in [0.25, 0.3) is 0 Å². The summed E-state index contributed by atoms with van der Waals surface area (Å²) in [6, 6.07) is 119. The number of rotatable bonds is 11. The Hall–Kier alpha value is -10.5. The van der Waals surface area contributed by atoms with Crippen molar-refractivity contribution in [1.82, 2.24) is 8.97 Å². The van der Waals surface area contributed by atoms with Crippen LogP contribution in [0.3, 0.4) is 0 Å². The van der Waals surface area contributed by atoms with Crippen molar-refractivity contribution in [2.24, 2.45) is 0 Å². The summed E-state index contributed by atoms with van der Waals surface area (Å²) >= 11 is 0. The van der Waals surface area contributed by atoms with Gasteiger partial charge in [-0.05, 0) is 139 Å². The van der Waals surface area contributed by atoms with E-state index >= 15 is 0 Å². The second kappa shape index (κ2) is 19.4. The fraction of sp³-hybridized carbons (Fsp3) is 0. The van der Waals surface area contributed by atoms with Crippen LogP contribution in [0, 0.1) is 0 Å². The molecule has 3 heterocycles. The number of hydrogen-bond donors (Lipinski definition) is 0. The Labute approximate surface area is 477 Å². The molecule has 3 aromatic heterocycles. The lowest BCUT2D eigenvalue weighted by Gasteiger charge is -2.34. The van der Waals surface area contributed by atoms with Gasteiger partial charge in [0.05, 0.1) is 27.6 Å². The first kappa shape index (κ1) is 47.5. The molecule has 82 heavy (non-hydrogen) atoms. The van der Waals surface area contributed by atoms with Gasteiger partial charge in [-0.25, -0.2) is 0 Å². The molecule has 13 aromatic carbocycles. The Morgan fingerprint density at radius 2 is 0.524 bits per heavy atom. The van der Waals surface area contributed by atoms with E-state index in [-0.39, 0.29) is 0 Å². The summed E-state index contributed by atoms with van der Waals surface area (Å²) in [5, 5.41) is 13.1. The molecule has 0 bridgehead atoms. The summed E-state index contributed by atoms with van der Waals surface area (Å²) in [6.07, 6.45) is 0. The maximum atomic E-state index is 2.45. The smallest absolute Gasteiger partial charge is 0.179 e. The minimum atomic E-state index is -2.65. The Balaban J connectivity index is 0.768. The number of anilines is 3. The van der Waals surface area contributed by atoms with Crippen molar-refractivity contribution in [3.63, 3.8) is 0 Å². The highest BCUT2D eigenvalue weighted by atomic mass is 28.3. The molecule has 0 spiro atoms. The van der Waals surface area contributed by atoms with Gasteiger partial charge in [0.2, 0.25) is 0 Å². The van der Waals surface area contributed by atoms with E-state index in [4.69, 9.17) is 0 Å². The highest BCUT2D eigenvalue weighted by Crippen LogP contribution is 2.43. The Kier molecular flexibility index (Phi) is 11.2. The second-order valence-corrected chi connectivity index (χ2v) is 25.4. The minimum absolute atomic E-state index is 1.08. The molecule has 0 N–H and O–H groups in total. The number of hydrogen-bond acceptors (Lipinski definition) is 1. The number of fused-ring (bicyclic) bond motifs is 9. The first-order chi connectivity index (χ1) is 40.7. The monoisotopic (exact) mass is 1060 g/mol. The van der Waals surface area contributed by atoms with Gasteiger partial charge in [0, 0.05) is 55.1 Å². The van der Waals surface area contributed by atoms with Gasteiger partial charge in [-0.1, -0.05) is 237 Å². The van der Waals surface area contributed by atoms with Gasteiger partial charge >= 0.3 is 0 Å². The minimum Gasteiger partial charge on any atom is -0.311 e. The van der Waals surface area contributed by atoms with Crippen molar-refractivity contribution in [3.8, 4) is 39.1 Å². The van der Waals surface area contributed by atoms with Crippen LogP contribution < -0.4 is 25.6 Å². The largest absolute Gasteiger partial charge is 0.311 e. The van der Waals surface area contributed by atoms with Crippen molar-refractivity contribution < 1.29 is 0 Å². The molecule has 16 rings (SSSR count). The van der Waals surface area contributed by atoms with Crippen LogP contribution in [0.15, 0.2) is 322 Å². The average molecular weight is 1060 g/mol. The quantitative estimate of drug-likeness (QED) is 0.0929. The number of nitrogens with zero attached hydrogens (tertiary/aromatic N) is 3. The summed E-state index contributed by atoms with van der Waals surface area (Å²) in [5.74, 6) is 0. The Bertz CT molecular complexity index is 4740. The third-order valence-electron chi connectivity index (χ3n) is 17.2. The maximum Gasteiger partial charge on any atom is 0.179 e. The van der Waals surface area contributed by atoms with E-state index in [1.165, 1.54) is 108 Å². The third kappa shape index (κ3) is 7.57. The zero-order valence-corrected chi connectivity index (χ0v) is 45.9. The van der Waals surface area contributed by atoms with Crippen LogP contribution >= 0.6 is 0 Å². The molecule has 0 amide bonds. The van der Waals surface area contributed by atoms with Gasteiger partial charge in [-0.2, -0.15) is 0 Å². The summed E-state index contributed by atoms with van der Waals surface area (Å²) < 4.78 is 4.83. The van der Waals surface area contributed by atoms with Crippen molar-refractivity contribution >= 4 is 106 Å². The molecule has 0 aliphatic carbocycles. The molecule has 0 unspecified atom stereocenters. The zero-order chi connectivity index (χ0) is 54.1. The first-order valence-corrected chi connectivity index (χ1v) is 30.3. The van der Waals surface area contributed by atoms with Gasteiger partial charge in [-0.3, -0.25) is 0 Å². The molecule has 384 valence electrons. The summed E-state index contributed by atoms with van der Waals surface area (Å²) in [4.78, 5) is 2.39. The maximum absolute atomic E-state index is 2.65. The molecule has 0 aliphatic rings. The van der Waals surface area contributed by atoms with Gasteiger partial charge in [-0.15, -0.1) is 0 Å². The molecule has 3 nitrogen and oxygen atoms in total. The lowest BCUT2D eigenvalue weighted by Crippen LogP contribution is -2.74. The Morgan fingerprint density at radius 3 is 0.915 bits per heavy atom. The average Bonchev–Trinajstić information content (AvgIpc) is 4.30. The van der Waals surface area contributed by atoms with E-state index in [0.717, 1.165) is 28.3 Å². The van der Waals surface area contributed by atoms with Crippen LogP contribution in [-0.4, -0.2) is 17.0 Å². The number of aromatic nitrogens is 2. The predicted octanol–water partition coefficient (Wildman–Crippen LogP) is 17.8.